The second-order valence-electron chi connectivity index (χ2n) is 4.82. The molecule has 0 fully saturated rings. The zero-order valence-corrected chi connectivity index (χ0v) is 13.3. The summed E-state index contributed by atoms with van der Waals surface area (Å²) in [5.41, 5.74) is 2.51. The number of aromatic nitrogens is 1. The summed E-state index contributed by atoms with van der Waals surface area (Å²) in [5.74, 6) is 0.515. The summed E-state index contributed by atoms with van der Waals surface area (Å²) in [7, 11) is 0. The molecule has 1 aliphatic rings. The van der Waals surface area contributed by atoms with Crippen molar-refractivity contribution >= 4 is 34.3 Å². The molecule has 0 N–H and O–H groups in total. The van der Waals surface area contributed by atoms with Gasteiger partial charge in [-0.05, 0) is 29.9 Å². The lowest BCUT2D eigenvalue weighted by atomic mass is 10.1. The third-order valence-electron chi connectivity index (χ3n) is 3.66. The summed E-state index contributed by atoms with van der Waals surface area (Å²) in [5, 5.41) is 5.52. The molecule has 3 heterocycles. The molecule has 2 aromatic heterocycles. The normalized spacial score (nSPS) is 17.4. The molecule has 1 atom stereocenters. The van der Waals surface area contributed by atoms with E-state index in [0.29, 0.717) is 11.9 Å². The zero-order valence-electron chi connectivity index (χ0n) is 10.9. The Bertz CT molecular complexity index is 549. The molecule has 5 heteroatoms. The van der Waals surface area contributed by atoms with E-state index in [1.165, 1.54) is 17.0 Å². The minimum atomic E-state index is 0.440. The van der Waals surface area contributed by atoms with Crippen molar-refractivity contribution < 1.29 is 0 Å². The van der Waals surface area contributed by atoms with E-state index in [-0.39, 0.29) is 0 Å². The number of halogens is 1. The summed E-state index contributed by atoms with van der Waals surface area (Å²) in [6.07, 6.45) is 2.28. The molecule has 0 spiro atoms. The van der Waals surface area contributed by atoms with Crippen LogP contribution in [0.3, 0.4) is 0 Å². The molecule has 1 aliphatic heterocycles. The fourth-order valence-electron chi connectivity index (χ4n) is 2.66. The van der Waals surface area contributed by atoms with Crippen molar-refractivity contribution in [3.63, 3.8) is 0 Å². The minimum absolute atomic E-state index is 0.440. The largest absolute Gasteiger partial charge is 0.289 e. The van der Waals surface area contributed by atoms with Crippen molar-refractivity contribution in [2.24, 2.45) is 0 Å². The van der Waals surface area contributed by atoms with Gasteiger partial charge in [0.25, 0.3) is 0 Å². The standard InChI is InChI=1S/C14H17ClN2S2/c1-2-12(14-16-11(7-15)9-19-14)17-5-3-13-10(8-17)4-6-18-13/h4,6,9,12H,2-3,5,7-8H2,1H3. The van der Waals surface area contributed by atoms with Gasteiger partial charge in [-0.2, -0.15) is 0 Å². The van der Waals surface area contributed by atoms with E-state index < -0.39 is 0 Å². The average molecular weight is 313 g/mol. The van der Waals surface area contributed by atoms with Gasteiger partial charge in [0.05, 0.1) is 17.6 Å². The van der Waals surface area contributed by atoms with Gasteiger partial charge < -0.3 is 0 Å². The van der Waals surface area contributed by atoms with Crippen LogP contribution in [0.4, 0.5) is 0 Å². The Balaban J connectivity index is 1.80. The predicted octanol–water partition coefficient (Wildman–Crippen LogP) is 4.45. The fraction of sp³-hybridized carbons (Fsp3) is 0.500. The summed E-state index contributed by atoms with van der Waals surface area (Å²) < 4.78 is 0. The number of hydrogen-bond donors (Lipinski definition) is 0. The van der Waals surface area contributed by atoms with E-state index in [1.807, 2.05) is 11.3 Å². The quantitative estimate of drug-likeness (QED) is 0.775. The van der Waals surface area contributed by atoms with Gasteiger partial charge in [0, 0.05) is 23.3 Å². The number of rotatable bonds is 4. The average Bonchev–Trinajstić information content (AvgIpc) is 3.07. The van der Waals surface area contributed by atoms with E-state index in [2.05, 4.69) is 33.6 Å². The van der Waals surface area contributed by atoms with Crippen molar-refractivity contribution in [1.82, 2.24) is 9.88 Å². The first kappa shape index (κ1) is 13.6. The highest BCUT2D eigenvalue weighted by Crippen LogP contribution is 2.33. The van der Waals surface area contributed by atoms with Gasteiger partial charge in [0.1, 0.15) is 5.01 Å². The molecule has 0 saturated heterocycles. The Morgan fingerprint density at radius 2 is 2.37 bits per heavy atom. The summed E-state index contributed by atoms with van der Waals surface area (Å²) in [6.45, 7) is 4.45. The fourth-order valence-corrected chi connectivity index (χ4v) is 4.82. The Morgan fingerprint density at radius 1 is 1.47 bits per heavy atom. The third kappa shape index (κ3) is 2.72. The zero-order chi connectivity index (χ0) is 13.2. The molecule has 2 aromatic rings. The van der Waals surface area contributed by atoms with Crippen LogP contribution in [0.15, 0.2) is 16.8 Å². The Morgan fingerprint density at radius 3 is 3.11 bits per heavy atom. The smallest absolute Gasteiger partial charge is 0.110 e. The summed E-state index contributed by atoms with van der Waals surface area (Å²) >= 11 is 9.50. The van der Waals surface area contributed by atoms with Gasteiger partial charge in [-0.1, -0.05) is 6.92 Å². The van der Waals surface area contributed by atoms with E-state index in [4.69, 9.17) is 11.6 Å². The molecule has 0 aromatic carbocycles. The van der Waals surface area contributed by atoms with E-state index in [1.54, 1.807) is 16.2 Å². The maximum absolute atomic E-state index is 5.86. The Hall–Kier alpha value is -0.420. The highest BCUT2D eigenvalue weighted by atomic mass is 35.5. The molecule has 19 heavy (non-hydrogen) atoms. The SMILES string of the molecule is CCC(c1nc(CCl)cs1)N1CCc2sccc2C1. The lowest BCUT2D eigenvalue weighted by molar-refractivity contribution is 0.175. The lowest BCUT2D eigenvalue weighted by Gasteiger charge is -2.32. The highest BCUT2D eigenvalue weighted by molar-refractivity contribution is 7.10. The van der Waals surface area contributed by atoms with E-state index >= 15 is 0 Å². The first-order valence-electron chi connectivity index (χ1n) is 6.61. The van der Waals surface area contributed by atoms with Crippen LogP contribution < -0.4 is 0 Å². The molecular formula is C14H17ClN2S2. The van der Waals surface area contributed by atoms with Gasteiger partial charge in [-0.25, -0.2) is 4.98 Å². The molecule has 0 bridgehead atoms. The van der Waals surface area contributed by atoms with Crippen molar-refractivity contribution in [1.29, 1.82) is 0 Å². The molecule has 0 radical (unpaired) electrons. The van der Waals surface area contributed by atoms with E-state index in [0.717, 1.165) is 25.2 Å². The first-order valence-corrected chi connectivity index (χ1v) is 8.90. The maximum Gasteiger partial charge on any atom is 0.110 e. The van der Waals surface area contributed by atoms with E-state index in [9.17, 15) is 0 Å². The molecule has 3 rings (SSSR count). The first-order chi connectivity index (χ1) is 9.31. The van der Waals surface area contributed by atoms with Crippen molar-refractivity contribution in [3.05, 3.63) is 38.0 Å². The van der Waals surface area contributed by atoms with Gasteiger partial charge in [0.15, 0.2) is 0 Å². The van der Waals surface area contributed by atoms with Crippen LogP contribution in [-0.4, -0.2) is 16.4 Å². The van der Waals surface area contributed by atoms with Crippen LogP contribution in [-0.2, 0) is 18.8 Å². The molecule has 0 aliphatic carbocycles. The summed E-state index contributed by atoms with van der Waals surface area (Å²) in [6, 6.07) is 2.71. The second-order valence-corrected chi connectivity index (χ2v) is 6.98. The van der Waals surface area contributed by atoms with Crippen LogP contribution in [0.2, 0.25) is 0 Å². The number of alkyl halides is 1. The van der Waals surface area contributed by atoms with Crippen molar-refractivity contribution in [3.8, 4) is 0 Å². The summed E-state index contributed by atoms with van der Waals surface area (Å²) in [4.78, 5) is 8.79. The molecule has 0 saturated carbocycles. The van der Waals surface area contributed by atoms with Gasteiger partial charge in [0.2, 0.25) is 0 Å². The van der Waals surface area contributed by atoms with Crippen LogP contribution >= 0.6 is 34.3 Å². The second kappa shape index (κ2) is 5.92. The third-order valence-corrected chi connectivity index (χ3v) is 5.95. The number of thiazole rings is 1. The van der Waals surface area contributed by atoms with Gasteiger partial charge >= 0.3 is 0 Å². The molecule has 102 valence electrons. The molecule has 1 unspecified atom stereocenters. The number of fused-ring (bicyclic) bond motifs is 1. The number of nitrogens with zero attached hydrogens (tertiary/aromatic N) is 2. The van der Waals surface area contributed by atoms with Crippen LogP contribution in [0.1, 0.15) is 40.5 Å². The van der Waals surface area contributed by atoms with Crippen molar-refractivity contribution in [2.45, 2.75) is 38.2 Å². The Kier molecular flexibility index (Phi) is 4.22. The molecule has 2 nitrogen and oxygen atoms in total. The van der Waals surface area contributed by atoms with Crippen LogP contribution in [0.25, 0.3) is 0 Å². The lowest BCUT2D eigenvalue weighted by Crippen LogP contribution is -2.33. The topological polar surface area (TPSA) is 16.1 Å². The van der Waals surface area contributed by atoms with Gasteiger partial charge in [-0.3, -0.25) is 4.90 Å². The highest BCUT2D eigenvalue weighted by Gasteiger charge is 2.26. The van der Waals surface area contributed by atoms with Crippen LogP contribution in [0.5, 0.6) is 0 Å². The maximum atomic E-state index is 5.86. The number of thiophene rings is 1. The minimum Gasteiger partial charge on any atom is -0.289 e. The molecule has 0 amide bonds. The monoisotopic (exact) mass is 312 g/mol. The Labute approximate surface area is 127 Å². The van der Waals surface area contributed by atoms with Crippen molar-refractivity contribution in [2.75, 3.05) is 6.54 Å². The van der Waals surface area contributed by atoms with Crippen LogP contribution in [0, 0.1) is 0 Å². The number of hydrogen-bond acceptors (Lipinski definition) is 4. The molecular weight excluding hydrogens is 296 g/mol. The van der Waals surface area contributed by atoms with Gasteiger partial charge in [-0.15, -0.1) is 34.3 Å². The predicted molar refractivity (Wildman–Crippen MR) is 83.1 cm³/mol.